The third-order valence-electron chi connectivity index (χ3n) is 6.57. The van der Waals surface area contributed by atoms with Gasteiger partial charge in [-0.15, -0.1) is 5.10 Å². The number of carbonyl (C=O) groups excluding carboxylic acids is 2. The van der Waals surface area contributed by atoms with Crippen molar-refractivity contribution in [1.29, 1.82) is 0 Å². The number of aromatic nitrogens is 5. The van der Waals surface area contributed by atoms with Crippen LogP contribution in [0.1, 0.15) is 24.8 Å². The van der Waals surface area contributed by atoms with Gasteiger partial charge in [-0.2, -0.15) is 4.68 Å². The van der Waals surface area contributed by atoms with Crippen LogP contribution in [0.4, 0.5) is 15.9 Å². The van der Waals surface area contributed by atoms with Gasteiger partial charge in [0, 0.05) is 29.4 Å². The van der Waals surface area contributed by atoms with Crippen LogP contribution in [-0.4, -0.2) is 54.2 Å². The number of hydrogen-bond acceptors (Lipinski definition) is 8. The van der Waals surface area contributed by atoms with Crippen molar-refractivity contribution in [1.82, 2.24) is 30.3 Å². The molecule has 2 aromatic carbocycles. The molecule has 13 heteroatoms. The summed E-state index contributed by atoms with van der Waals surface area (Å²) >= 11 is 6.06. The van der Waals surface area contributed by atoms with Gasteiger partial charge < -0.3 is 20.5 Å². The minimum atomic E-state index is -0.668. The largest absolute Gasteiger partial charge is 0.380 e. The molecule has 4 heterocycles. The molecule has 182 valence electrons. The molecule has 0 bridgehead atoms. The van der Waals surface area contributed by atoms with Gasteiger partial charge in [0.05, 0.1) is 16.1 Å². The zero-order valence-electron chi connectivity index (χ0n) is 18.6. The van der Waals surface area contributed by atoms with Gasteiger partial charge in [-0.1, -0.05) is 16.8 Å². The Morgan fingerprint density at radius 2 is 2.11 bits per heavy atom. The molecule has 2 aliphatic rings. The number of nitrogen functional groups attached to an aromatic ring is 1. The van der Waals surface area contributed by atoms with Gasteiger partial charge in [0.15, 0.2) is 17.2 Å². The molecule has 1 saturated heterocycles. The van der Waals surface area contributed by atoms with E-state index in [2.05, 4.69) is 26.0 Å². The first-order chi connectivity index (χ1) is 17.4. The van der Waals surface area contributed by atoms with E-state index < -0.39 is 11.9 Å². The topological polar surface area (TPSA) is 145 Å². The van der Waals surface area contributed by atoms with Gasteiger partial charge in [0.25, 0.3) is 0 Å². The van der Waals surface area contributed by atoms with Crippen molar-refractivity contribution in [2.75, 3.05) is 11.1 Å². The molecule has 2 amide bonds. The number of rotatable bonds is 4. The molecule has 2 aromatic heterocycles. The van der Waals surface area contributed by atoms with Crippen molar-refractivity contribution in [3.63, 3.8) is 0 Å². The molecule has 0 aliphatic carbocycles. The summed E-state index contributed by atoms with van der Waals surface area (Å²) in [5.74, 6) is -1.09. The van der Waals surface area contributed by atoms with Crippen LogP contribution in [0.25, 0.3) is 22.2 Å². The Hall–Kier alpha value is -4.32. The van der Waals surface area contributed by atoms with Crippen LogP contribution in [0, 0.1) is 5.82 Å². The van der Waals surface area contributed by atoms with E-state index in [1.165, 1.54) is 23.2 Å². The zero-order chi connectivity index (χ0) is 25.0. The normalized spacial score (nSPS) is 19.4. The van der Waals surface area contributed by atoms with Gasteiger partial charge in [0.1, 0.15) is 12.4 Å². The number of hydrogen-bond donors (Lipinski definition) is 2. The first kappa shape index (κ1) is 22.2. The van der Waals surface area contributed by atoms with E-state index in [1.807, 2.05) is 0 Å². The lowest BCUT2D eigenvalue weighted by Gasteiger charge is -2.33. The predicted molar refractivity (Wildman–Crippen MR) is 127 cm³/mol. The van der Waals surface area contributed by atoms with E-state index in [1.54, 1.807) is 29.2 Å². The quantitative estimate of drug-likeness (QED) is 0.428. The lowest BCUT2D eigenvalue weighted by Crippen LogP contribution is -2.48. The van der Waals surface area contributed by atoms with Crippen molar-refractivity contribution in [2.24, 2.45) is 0 Å². The summed E-state index contributed by atoms with van der Waals surface area (Å²) in [5.41, 5.74) is 7.68. The molecule has 2 atom stereocenters. The second-order valence-electron chi connectivity index (χ2n) is 8.64. The average Bonchev–Trinajstić information content (AvgIpc) is 3.61. The molecule has 3 N–H and O–H groups in total. The van der Waals surface area contributed by atoms with Crippen molar-refractivity contribution >= 4 is 51.5 Å². The highest BCUT2D eigenvalue weighted by Crippen LogP contribution is 2.40. The van der Waals surface area contributed by atoms with Gasteiger partial charge >= 0.3 is 0 Å². The summed E-state index contributed by atoms with van der Waals surface area (Å²) in [6.45, 7) is 0. The maximum atomic E-state index is 15.2. The van der Waals surface area contributed by atoms with Crippen LogP contribution < -0.4 is 11.1 Å². The Bertz CT molecular complexity index is 1550. The number of nitrogens with two attached hydrogens (primary N) is 1. The Balaban J connectivity index is 1.28. The van der Waals surface area contributed by atoms with Crippen molar-refractivity contribution < 1.29 is 18.5 Å². The Labute approximate surface area is 207 Å². The molecule has 0 saturated carbocycles. The number of amides is 2. The minimum absolute atomic E-state index is 0.0771. The fourth-order valence-electron chi connectivity index (χ4n) is 4.95. The number of nitrogens with zero attached hydrogens (tertiary/aromatic N) is 6. The molecule has 0 spiro atoms. The maximum absolute atomic E-state index is 15.2. The number of tetrazole rings is 1. The molecule has 0 radical (unpaired) electrons. The predicted octanol–water partition coefficient (Wildman–Crippen LogP) is 2.96. The summed E-state index contributed by atoms with van der Waals surface area (Å²) in [6.07, 6.45) is 4.10. The van der Waals surface area contributed by atoms with Gasteiger partial charge in [0.2, 0.25) is 11.8 Å². The van der Waals surface area contributed by atoms with Crippen LogP contribution >= 0.6 is 11.6 Å². The molecule has 6 rings (SSSR count). The fraction of sp³-hybridized carbons (Fsp3) is 0.217. The summed E-state index contributed by atoms with van der Waals surface area (Å²) in [7, 11) is 0. The molecule has 1 fully saturated rings. The van der Waals surface area contributed by atoms with Crippen LogP contribution in [0.15, 0.2) is 47.3 Å². The van der Waals surface area contributed by atoms with Gasteiger partial charge in [-0.05, 0) is 59.5 Å². The van der Waals surface area contributed by atoms with Crippen LogP contribution in [0.5, 0.6) is 0 Å². The van der Waals surface area contributed by atoms with E-state index in [-0.39, 0.29) is 34.3 Å². The van der Waals surface area contributed by atoms with Crippen molar-refractivity contribution in [3.8, 4) is 5.69 Å². The summed E-state index contributed by atoms with van der Waals surface area (Å²) in [4.78, 5) is 27.9. The molecule has 36 heavy (non-hydrogen) atoms. The Kier molecular flexibility index (Phi) is 5.18. The van der Waals surface area contributed by atoms with Crippen LogP contribution in [-0.2, 0) is 9.59 Å². The monoisotopic (exact) mass is 508 g/mol. The molecule has 4 aromatic rings. The summed E-state index contributed by atoms with van der Waals surface area (Å²) < 4.78 is 21.7. The highest BCUT2D eigenvalue weighted by Gasteiger charge is 2.43. The third kappa shape index (κ3) is 3.57. The van der Waals surface area contributed by atoms with E-state index >= 15 is 4.39 Å². The molecular formula is C23H18ClFN8O3. The number of nitrogens with one attached hydrogen (secondary N) is 1. The first-order valence-corrected chi connectivity index (χ1v) is 11.5. The zero-order valence-corrected chi connectivity index (χ0v) is 19.3. The highest BCUT2D eigenvalue weighted by atomic mass is 35.5. The minimum Gasteiger partial charge on any atom is -0.380 e. The summed E-state index contributed by atoms with van der Waals surface area (Å²) in [5, 5.41) is 18.2. The number of anilines is 2. The summed E-state index contributed by atoms with van der Waals surface area (Å²) in [6, 6.07) is 7.09. The van der Waals surface area contributed by atoms with Crippen LogP contribution in [0.3, 0.4) is 0 Å². The number of fused-ring (bicyclic) bond motifs is 2. The van der Waals surface area contributed by atoms with Crippen molar-refractivity contribution in [2.45, 2.75) is 31.3 Å². The second-order valence-corrected chi connectivity index (χ2v) is 9.05. The van der Waals surface area contributed by atoms with E-state index in [0.29, 0.717) is 47.2 Å². The molecule has 11 nitrogen and oxygen atoms in total. The van der Waals surface area contributed by atoms with Crippen LogP contribution in [0.2, 0.25) is 5.02 Å². The maximum Gasteiger partial charge on any atom is 0.247 e. The molecule has 2 unspecified atom stereocenters. The van der Waals surface area contributed by atoms with E-state index in [9.17, 15) is 9.59 Å². The Morgan fingerprint density at radius 1 is 1.25 bits per heavy atom. The smallest absolute Gasteiger partial charge is 0.247 e. The standard InChI is InChI=1S/C23H18ClFN8O3/c24-15-4-6-16(32-10-27-30-31-32)20(21(15)25)11-7-13-2-5-17(33(13)19(34)8-11)23(35)28-12-1-3-14-18(9-12)36-29-22(14)26/h1,3-4,6,8-10,13,17H,2,5,7H2,(H2,26,29)(H,28,35). The van der Waals surface area contributed by atoms with Gasteiger partial charge in [-0.25, -0.2) is 4.39 Å². The molecular weight excluding hydrogens is 491 g/mol. The highest BCUT2D eigenvalue weighted by molar-refractivity contribution is 6.31. The second kappa shape index (κ2) is 8.41. The van der Waals surface area contributed by atoms with E-state index in [0.717, 1.165) is 0 Å². The lowest BCUT2D eigenvalue weighted by molar-refractivity contribution is -0.135. The Morgan fingerprint density at radius 3 is 2.92 bits per heavy atom. The van der Waals surface area contributed by atoms with E-state index in [4.69, 9.17) is 21.9 Å². The average molecular weight is 509 g/mol. The SMILES string of the molecule is Nc1noc2cc(NC(=O)C3CCC4CC(c5c(-n6cnnn6)ccc(Cl)c5F)=CC(=O)N43)ccc12. The van der Waals surface area contributed by atoms with Gasteiger partial charge in [-0.3, -0.25) is 9.59 Å². The number of carbonyl (C=O) groups is 2. The lowest BCUT2D eigenvalue weighted by atomic mass is 9.92. The number of benzene rings is 2. The first-order valence-electron chi connectivity index (χ1n) is 11.1. The third-order valence-corrected chi connectivity index (χ3v) is 6.86. The molecule has 2 aliphatic heterocycles. The fourth-order valence-corrected chi connectivity index (χ4v) is 5.11. The van der Waals surface area contributed by atoms with Crippen molar-refractivity contribution in [3.05, 3.63) is 59.1 Å². The number of halogens is 2.